The summed E-state index contributed by atoms with van der Waals surface area (Å²) in [5.74, 6) is 1.50. The van der Waals surface area contributed by atoms with E-state index in [1.165, 1.54) is 0 Å². The highest BCUT2D eigenvalue weighted by Gasteiger charge is 2.22. The molecule has 150 valence electrons. The van der Waals surface area contributed by atoms with Crippen LogP contribution in [0.25, 0.3) is 0 Å². The Kier molecular flexibility index (Phi) is 7.14. The molecule has 0 aliphatic carbocycles. The van der Waals surface area contributed by atoms with Gasteiger partial charge in [0.2, 0.25) is 5.91 Å². The number of aromatic nitrogens is 1. The van der Waals surface area contributed by atoms with Gasteiger partial charge in [-0.2, -0.15) is 0 Å². The fourth-order valence-corrected chi connectivity index (χ4v) is 3.76. The van der Waals surface area contributed by atoms with Crippen molar-refractivity contribution in [2.75, 3.05) is 44.3 Å². The molecule has 0 spiro atoms. The molecule has 0 unspecified atom stereocenters. The van der Waals surface area contributed by atoms with Crippen LogP contribution in [0.1, 0.15) is 19.4 Å². The summed E-state index contributed by atoms with van der Waals surface area (Å²) in [6.45, 7) is 8.06. The van der Waals surface area contributed by atoms with Crippen molar-refractivity contribution >= 4 is 27.5 Å². The van der Waals surface area contributed by atoms with Crippen LogP contribution in [0, 0.1) is 0 Å². The van der Waals surface area contributed by atoms with Crippen LogP contribution in [-0.2, 0) is 11.2 Å². The zero-order valence-electron chi connectivity index (χ0n) is 16.4. The molecule has 1 fully saturated rings. The van der Waals surface area contributed by atoms with E-state index in [0.29, 0.717) is 44.2 Å². The van der Waals surface area contributed by atoms with Gasteiger partial charge in [-0.1, -0.05) is 15.9 Å². The standard InChI is InChI=1S/C21H26BrN3O3/c1-3-27-19-13-16(18(22)15-20(19)28-4-2)14-21(26)25-11-9-24(10-12-25)17-5-7-23-8-6-17/h5-8,13,15H,3-4,9-12,14H2,1-2H3. The number of benzene rings is 1. The van der Waals surface area contributed by atoms with Gasteiger partial charge in [-0.25, -0.2) is 0 Å². The van der Waals surface area contributed by atoms with Gasteiger partial charge in [0.05, 0.1) is 19.6 Å². The van der Waals surface area contributed by atoms with E-state index in [-0.39, 0.29) is 5.91 Å². The van der Waals surface area contributed by atoms with Gasteiger partial charge < -0.3 is 19.3 Å². The van der Waals surface area contributed by atoms with E-state index in [0.717, 1.165) is 28.8 Å². The highest BCUT2D eigenvalue weighted by Crippen LogP contribution is 2.34. The lowest BCUT2D eigenvalue weighted by Crippen LogP contribution is -2.49. The number of carbonyl (C=O) groups is 1. The minimum Gasteiger partial charge on any atom is -0.490 e. The molecule has 1 aliphatic heterocycles. The second-order valence-corrected chi connectivity index (χ2v) is 7.36. The summed E-state index contributed by atoms with van der Waals surface area (Å²) in [5.41, 5.74) is 2.06. The number of amides is 1. The van der Waals surface area contributed by atoms with Crippen molar-refractivity contribution in [3.05, 3.63) is 46.7 Å². The Morgan fingerprint density at radius 1 is 1.04 bits per heavy atom. The summed E-state index contributed by atoms with van der Waals surface area (Å²) in [6, 6.07) is 7.80. The van der Waals surface area contributed by atoms with Crippen molar-refractivity contribution in [2.45, 2.75) is 20.3 Å². The van der Waals surface area contributed by atoms with Gasteiger partial charge in [0.1, 0.15) is 0 Å². The normalized spacial score (nSPS) is 14.1. The number of piperazine rings is 1. The quantitative estimate of drug-likeness (QED) is 0.649. The summed E-state index contributed by atoms with van der Waals surface area (Å²) in [4.78, 5) is 21.1. The van der Waals surface area contributed by atoms with Gasteiger partial charge in [0.15, 0.2) is 11.5 Å². The highest BCUT2D eigenvalue weighted by molar-refractivity contribution is 9.10. The SMILES string of the molecule is CCOc1cc(Br)c(CC(=O)N2CCN(c3ccncc3)CC2)cc1OCC. The van der Waals surface area contributed by atoms with Crippen LogP contribution in [0.15, 0.2) is 41.1 Å². The molecule has 1 aromatic heterocycles. The summed E-state index contributed by atoms with van der Waals surface area (Å²) < 4.78 is 12.2. The molecular weight excluding hydrogens is 422 g/mol. The number of hydrogen-bond acceptors (Lipinski definition) is 5. The largest absolute Gasteiger partial charge is 0.490 e. The number of hydrogen-bond donors (Lipinski definition) is 0. The topological polar surface area (TPSA) is 54.9 Å². The van der Waals surface area contributed by atoms with Crippen LogP contribution in [0.3, 0.4) is 0 Å². The Balaban J connectivity index is 1.64. The monoisotopic (exact) mass is 447 g/mol. The predicted octanol–water partition coefficient (Wildman–Crippen LogP) is 3.53. The molecule has 1 aromatic carbocycles. The van der Waals surface area contributed by atoms with E-state index >= 15 is 0 Å². The average Bonchev–Trinajstić information content (AvgIpc) is 2.72. The van der Waals surface area contributed by atoms with E-state index < -0.39 is 0 Å². The zero-order valence-corrected chi connectivity index (χ0v) is 17.9. The molecule has 1 saturated heterocycles. The molecule has 6 nitrogen and oxygen atoms in total. The van der Waals surface area contributed by atoms with Crippen molar-refractivity contribution in [2.24, 2.45) is 0 Å². The molecule has 0 N–H and O–H groups in total. The summed E-state index contributed by atoms with van der Waals surface area (Å²) in [6.07, 6.45) is 3.93. The maximum Gasteiger partial charge on any atom is 0.227 e. The van der Waals surface area contributed by atoms with E-state index in [1.54, 1.807) is 12.4 Å². The van der Waals surface area contributed by atoms with Gasteiger partial charge in [-0.15, -0.1) is 0 Å². The van der Waals surface area contributed by atoms with Gasteiger partial charge in [-0.05, 0) is 43.7 Å². The lowest BCUT2D eigenvalue weighted by molar-refractivity contribution is -0.130. The van der Waals surface area contributed by atoms with Gasteiger partial charge in [0.25, 0.3) is 0 Å². The first-order valence-electron chi connectivity index (χ1n) is 9.63. The average molecular weight is 448 g/mol. The third-order valence-electron chi connectivity index (χ3n) is 4.71. The number of anilines is 1. The Bertz CT molecular complexity index is 793. The number of nitrogens with zero attached hydrogens (tertiary/aromatic N) is 3. The van der Waals surface area contributed by atoms with Crippen LogP contribution in [-0.4, -0.2) is 55.2 Å². The van der Waals surface area contributed by atoms with Gasteiger partial charge in [-0.3, -0.25) is 9.78 Å². The third-order valence-corrected chi connectivity index (χ3v) is 5.45. The molecule has 0 saturated carbocycles. The Labute approximate surface area is 174 Å². The smallest absolute Gasteiger partial charge is 0.227 e. The molecule has 0 atom stereocenters. The van der Waals surface area contributed by atoms with Crippen LogP contribution in [0.2, 0.25) is 0 Å². The van der Waals surface area contributed by atoms with Gasteiger partial charge in [0, 0.05) is 48.7 Å². The van der Waals surface area contributed by atoms with Crippen molar-refractivity contribution in [1.29, 1.82) is 0 Å². The van der Waals surface area contributed by atoms with Crippen LogP contribution < -0.4 is 14.4 Å². The molecule has 0 radical (unpaired) electrons. The van der Waals surface area contributed by atoms with Crippen LogP contribution in [0.5, 0.6) is 11.5 Å². The third kappa shape index (κ3) is 4.95. The number of rotatable bonds is 7. The van der Waals surface area contributed by atoms with Crippen molar-refractivity contribution in [1.82, 2.24) is 9.88 Å². The predicted molar refractivity (Wildman–Crippen MR) is 113 cm³/mol. The summed E-state index contributed by atoms with van der Waals surface area (Å²) in [5, 5.41) is 0. The molecule has 1 amide bonds. The molecule has 2 aromatic rings. The summed E-state index contributed by atoms with van der Waals surface area (Å²) >= 11 is 3.57. The van der Waals surface area contributed by atoms with Crippen LogP contribution >= 0.6 is 15.9 Å². The van der Waals surface area contributed by atoms with E-state index in [4.69, 9.17) is 9.47 Å². The van der Waals surface area contributed by atoms with Crippen molar-refractivity contribution < 1.29 is 14.3 Å². The molecule has 1 aliphatic rings. The maximum atomic E-state index is 12.8. The first-order chi connectivity index (χ1) is 13.6. The highest BCUT2D eigenvalue weighted by atomic mass is 79.9. The molecule has 3 rings (SSSR count). The lowest BCUT2D eigenvalue weighted by atomic mass is 10.1. The Morgan fingerprint density at radius 2 is 1.64 bits per heavy atom. The fourth-order valence-electron chi connectivity index (χ4n) is 3.29. The molecular formula is C21H26BrN3O3. The Hall–Kier alpha value is -2.28. The lowest BCUT2D eigenvalue weighted by Gasteiger charge is -2.36. The molecule has 7 heteroatoms. The van der Waals surface area contributed by atoms with E-state index in [2.05, 4.69) is 25.8 Å². The first-order valence-corrected chi connectivity index (χ1v) is 10.4. The number of carbonyl (C=O) groups excluding carboxylic acids is 1. The molecule has 0 bridgehead atoms. The minimum absolute atomic E-state index is 0.127. The molecule has 2 heterocycles. The maximum absolute atomic E-state index is 12.8. The van der Waals surface area contributed by atoms with Crippen molar-refractivity contribution in [3.8, 4) is 11.5 Å². The number of pyridine rings is 1. The summed E-state index contributed by atoms with van der Waals surface area (Å²) in [7, 11) is 0. The van der Waals surface area contributed by atoms with E-state index in [9.17, 15) is 4.79 Å². The second-order valence-electron chi connectivity index (χ2n) is 6.51. The zero-order chi connectivity index (χ0) is 19.9. The number of halogens is 1. The number of ether oxygens (including phenoxy) is 2. The minimum atomic E-state index is 0.127. The fraction of sp³-hybridized carbons (Fsp3) is 0.429. The van der Waals surface area contributed by atoms with E-state index in [1.807, 2.05) is 43.0 Å². The second kappa shape index (κ2) is 9.78. The Morgan fingerprint density at radius 3 is 2.25 bits per heavy atom. The van der Waals surface area contributed by atoms with Crippen LogP contribution in [0.4, 0.5) is 5.69 Å². The molecule has 28 heavy (non-hydrogen) atoms. The van der Waals surface area contributed by atoms with Crippen molar-refractivity contribution in [3.63, 3.8) is 0 Å². The van der Waals surface area contributed by atoms with Gasteiger partial charge >= 0.3 is 0 Å². The first kappa shape index (κ1) is 20.5.